The highest BCUT2D eigenvalue weighted by atomic mass is 15.2. The molecule has 0 atom stereocenters. The first-order valence-electron chi connectivity index (χ1n) is 29.1. The van der Waals surface area contributed by atoms with Crippen molar-refractivity contribution in [3.05, 3.63) is 254 Å². The van der Waals surface area contributed by atoms with Gasteiger partial charge in [0, 0.05) is 65.6 Å². The maximum atomic E-state index is 2.59. The normalized spacial score (nSPS) is 14.5. The summed E-state index contributed by atoms with van der Waals surface area (Å²) in [6, 6.07) is 91.9. The van der Waals surface area contributed by atoms with Gasteiger partial charge in [-0.05, 0) is 133 Å². The molecular formula is C76H58N4. The highest BCUT2D eigenvalue weighted by Crippen LogP contribution is 2.54. The third-order valence-electron chi connectivity index (χ3n) is 18.6. The van der Waals surface area contributed by atoms with E-state index in [9.17, 15) is 0 Å². The van der Waals surface area contributed by atoms with Crippen molar-refractivity contribution >= 4 is 110 Å². The van der Waals surface area contributed by atoms with Crippen molar-refractivity contribution in [2.24, 2.45) is 0 Å². The number of rotatable bonds is 10. The van der Waals surface area contributed by atoms with Gasteiger partial charge >= 0.3 is 0 Å². The molecule has 382 valence electrons. The molecule has 11 aromatic carbocycles. The lowest BCUT2D eigenvalue weighted by atomic mass is 9.92. The average Bonchev–Trinajstić information content (AvgIpc) is 4.52. The van der Waals surface area contributed by atoms with Crippen LogP contribution in [0.1, 0.15) is 74.3 Å². The van der Waals surface area contributed by atoms with E-state index < -0.39 is 0 Å². The molecule has 0 unspecified atom stereocenters. The summed E-state index contributed by atoms with van der Waals surface area (Å²) in [4.78, 5) is 5.14. The van der Waals surface area contributed by atoms with E-state index in [4.69, 9.17) is 0 Å². The number of benzene rings is 11. The van der Waals surface area contributed by atoms with Crippen LogP contribution in [0.15, 0.2) is 243 Å². The molecule has 0 saturated heterocycles. The molecule has 80 heavy (non-hydrogen) atoms. The quantitative estimate of drug-likeness (QED) is 0.136. The van der Waals surface area contributed by atoms with Crippen LogP contribution in [0.2, 0.25) is 0 Å². The molecule has 2 aliphatic rings. The second kappa shape index (κ2) is 18.1. The predicted molar refractivity (Wildman–Crippen MR) is 338 cm³/mol. The van der Waals surface area contributed by atoms with Gasteiger partial charge < -0.3 is 18.6 Å². The summed E-state index contributed by atoms with van der Waals surface area (Å²) in [5.74, 6) is 1.14. The third-order valence-corrected chi connectivity index (χ3v) is 18.6. The number of aromatic nitrogens is 2. The van der Waals surface area contributed by atoms with Crippen molar-refractivity contribution in [3.8, 4) is 22.3 Å². The SMILES string of the molecule is c1ccc(-c2ccc(C3CCCC3)cc2N(c2ccccc2)c2ccc3c4cc5c(cc4n4c6ccccc6c2c34)c2ccc(N(c3ccccc3)c3cc(C4CCCC4)ccc3-c3ccccc3)c3c4ccccc4n5c23)cc1. The number of para-hydroxylation sites is 4. The van der Waals surface area contributed by atoms with Gasteiger partial charge in [0.15, 0.2) is 0 Å². The molecule has 4 nitrogen and oxygen atoms in total. The van der Waals surface area contributed by atoms with E-state index in [0.29, 0.717) is 11.8 Å². The average molecular weight is 1030 g/mol. The molecule has 2 fully saturated rings. The van der Waals surface area contributed by atoms with E-state index in [1.54, 1.807) is 0 Å². The second-order valence-electron chi connectivity index (χ2n) is 22.9. The number of hydrogen-bond acceptors (Lipinski definition) is 2. The van der Waals surface area contributed by atoms with Crippen LogP contribution in [-0.2, 0) is 0 Å². The Morgan fingerprint density at radius 1 is 0.287 bits per heavy atom. The summed E-state index contributed by atoms with van der Waals surface area (Å²) in [5.41, 5.74) is 22.4. The molecule has 0 aliphatic heterocycles. The van der Waals surface area contributed by atoms with Crippen LogP contribution < -0.4 is 9.80 Å². The lowest BCUT2D eigenvalue weighted by Crippen LogP contribution is -2.12. The smallest absolute Gasteiger partial charge is 0.0641 e. The van der Waals surface area contributed by atoms with Gasteiger partial charge in [0.25, 0.3) is 0 Å². The predicted octanol–water partition coefficient (Wildman–Crippen LogP) is 21.6. The van der Waals surface area contributed by atoms with Crippen molar-refractivity contribution in [2.45, 2.75) is 63.2 Å². The maximum absolute atomic E-state index is 2.59. The van der Waals surface area contributed by atoms with E-state index >= 15 is 0 Å². The number of anilines is 6. The molecule has 4 heterocycles. The maximum Gasteiger partial charge on any atom is 0.0641 e. The largest absolute Gasteiger partial charge is 0.309 e. The Morgan fingerprint density at radius 2 is 0.662 bits per heavy atom. The van der Waals surface area contributed by atoms with Crippen molar-refractivity contribution < 1.29 is 0 Å². The van der Waals surface area contributed by atoms with Crippen LogP contribution in [0.5, 0.6) is 0 Å². The number of nitrogens with zero attached hydrogens (tertiary/aromatic N) is 4. The van der Waals surface area contributed by atoms with Crippen LogP contribution in [0.3, 0.4) is 0 Å². The van der Waals surface area contributed by atoms with Crippen LogP contribution in [0.4, 0.5) is 34.1 Å². The van der Waals surface area contributed by atoms with Crippen molar-refractivity contribution in [3.63, 3.8) is 0 Å². The molecule has 0 bridgehead atoms. The summed E-state index contributed by atoms with van der Waals surface area (Å²) in [5, 5.41) is 10.1. The summed E-state index contributed by atoms with van der Waals surface area (Å²) in [6.07, 6.45) is 10.2. The highest BCUT2D eigenvalue weighted by Gasteiger charge is 2.31. The fraction of sp³-hybridized carbons (Fsp3) is 0.132. The highest BCUT2D eigenvalue weighted by molar-refractivity contribution is 6.32. The molecule has 15 aromatic rings. The van der Waals surface area contributed by atoms with Gasteiger partial charge in [-0.15, -0.1) is 0 Å². The van der Waals surface area contributed by atoms with E-state index in [-0.39, 0.29) is 0 Å². The lowest BCUT2D eigenvalue weighted by molar-refractivity contribution is 0.723. The van der Waals surface area contributed by atoms with E-state index in [1.807, 2.05) is 0 Å². The van der Waals surface area contributed by atoms with Gasteiger partial charge in [0.2, 0.25) is 0 Å². The minimum atomic E-state index is 0.572. The Labute approximate surface area is 465 Å². The zero-order chi connectivity index (χ0) is 52.4. The zero-order valence-electron chi connectivity index (χ0n) is 44.7. The molecule has 0 amide bonds. The van der Waals surface area contributed by atoms with Crippen LogP contribution >= 0.6 is 0 Å². The van der Waals surface area contributed by atoms with Crippen molar-refractivity contribution in [1.82, 2.24) is 8.80 Å². The van der Waals surface area contributed by atoms with E-state index in [2.05, 4.69) is 261 Å². The lowest BCUT2D eigenvalue weighted by Gasteiger charge is -2.30. The molecule has 0 radical (unpaired) electrons. The Balaban J connectivity index is 0.926. The van der Waals surface area contributed by atoms with Gasteiger partial charge in [-0.2, -0.15) is 0 Å². The van der Waals surface area contributed by atoms with Gasteiger partial charge in [-0.1, -0.05) is 196 Å². The zero-order valence-corrected chi connectivity index (χ0v) is 44.7. The third kappa shape index (κ3) is 6.81. The first-order chi connectivity index (χ1) is 39.7. The molecular weight excluding hydrogens is 969 g/mol. The Hall–Kier alpha value is -9.38. The molecule has 4 aromatic heterocycles. The monoisotopic (exact) mass is 1030 g/mol. The molecule has 2 saturated carbocycles. The van der Waals surface area contributed by atoms with Gasteiger partial charge in [0.1, 0.15) is 0 Å². The van der Waals surface area contributed by atoms with E-state index in [1.165, 1.54) is 184 Å². The van der Waals surface area contributed by atoms with Crippen molar-refractivity contribution in [2.75, 3.05) is 9.80 Å². The molecule has 4 heteroatoms. The summed E-state index contributed by atoms with van der Waals surface area (Å²) in [6.45, 7) is 0. The Kier molecular flexibility index (Phi) is 10.3. The van der Waals surface area contributed by atoms with Gasteiger partial charge in [0.05, 0.1) is 55.8 Å². The first kappa shape index (κ1) is 45.6. The molecule has 17 rings (SSSR count). The summed E-state index contributed by atoms with van der Waals surface area (Å²) >= 11 is 0. The summed E-state index contributed by atoms with van der Waals surface area (Å²) < 4.78 is 5.18. The van der Waals surface area contributed by atoms with Gasteiger partial charge in [-0.25, -0.2) is 0 Å². The number of fused-ring (bicyclic) bond motifs is 12. The van der Waals surface area contributed by atoms with Crippen molar-refractivity contribution in [1.29, 1.82) is 0 Å². The molecule has 2 aliphatic carbocycles. The standard InChI is InChI=1S/C76H58N4/c1-5-25-51(26-6-1)57-39-37-53(49-21-13-14-22-49)45-69(57)77(55-29-9-3-10-30-55)67-43-41-59-63-47-72-64(48-71(63)79-65-35-19-17-33-61(65)73(67)75(59)79)60-42-44-68(74-62-34-18-20-36-66(62)80(72)76(60)74)78(56-31-11-4-12-32-56)70-46-54(50-23-15-16-24-50)38-40-58(70)52-27-7-2-8-28-52/h1-12,17-20,25-50H,13-16,21-24H2. The van der Waals surface area contributed by atoms with E-state index in [0.717, 1.165) is 11.4 Å². The minimum Gasteiger partial charge on any atom is -0.309 e. The summed E-state index contributed by atoms with van der Waals surface area (Å²) in [7, 11) is 0. The topological polar surface area (TPSA) is 15.3 Å². The Morgan fingerprint density at radius 3 is 1.07 bits per heavy atom. The fourth-order valence-corrected chi connectivity index (χ4v) is 15.0. The minimum absolute atomic E-state index is 0.572. The Bertz CT molecular complexity index is 4520. The fourth-order valence-electron chi connectivity index (χ4n) is 15.0. The first-order valence-corrected chi connectivity index (χ1v) is 29.1. The van der Waals surface area contributed by atoms with Crippen LogP contribution in [0.25, 0.3) is 98.4 Å². The number of hydrogen-bond donors (Lipinski definition) is 0. The molecule has 0 spiro atoms. The van der Waals surface area contributed by atoms with Crippen LogP contribution in [0, 0.1) is 0 Å². The second-order valence-corrected chi connectivity index (χ2v) is 22.9. The molecule has 0 N–H and O–H groups in total. The van der Waals surface area contributed by atoms with Gasteiger partial charge in [-0.3, -0.25) is 0 Å². The van der Waals surface area contributed by atoms with Crippen LogP contribution in [-0.4, -0.2) is 8.80 Å².